The van der Waals surface area contributed by atoms with E-state index in [9.17, 15) is 19.5 Å². The third-order valence-electron chi connectivity index (χ3n) is 2.95. The number of amides is 1. The minimum absolute atomic E-state index is 0.00677. The summed E-state index contributed by atoms with van der Waals surface area (Å²) in [4.78, 5) is 35.4. The largest absolute Gasteiger partial charge is 0.508 e. The van der Waals surface area contributed by atoms with Crippen molar-refractivity contribution in [2.75, 3.05) is 13.2 Å². The van der Waals surface area contributed by atoms with Gasteiger partial charge in [-0.1, -0.05) is 0 Å². The van der Waals surface area contributed by atoms with Crippen LogP contribution in [0.15, 0.2) is 24.3 Å². The summed E-state index contributed by atoms with van der Waals surface area (Å²) in [5, 5.41) is 11.7. The molecule has 0 saturated carbocycles. The Bertz CT molecular complexity index is 540. The second-order valence-electron chi connectivity index (χ2n) is 4.67. The molecular weight excluding hydrogens is 302 g/mol. The van der Waals surface area contributed by atoms with E-state index in [0.29, 0.717) is 0 Å². The second-order valence-corrected chi connectivity index (χ2v) is 4.67. The molecule has 1 aromatic carbocycles. The Morgan fingerprint density at radius 2 is 1.70 bits per heavy atom. The maximum Gasteiger partial charge on any atom is 0.328 e. The van der Waals surface area contributed by atoms with E-state index in [0.717, 1.165) is 0 Å². The van der Waals surface area contributed by atoms with Crippen molar-refractivity contribution in [1.29, 1.82) is 0 Å². The Labute approximate surface area is 134 Å². The van der Waals surface area contributed by atoms with Gasteiger partial charge in [0.2, 0.25) is 0 Å². The first-order chi connectivity index (χ1) is 11.0. The van der Waals surface area contributed by atoms with E-state index >= 15 is 0 Å². The van der Waals surface area contributed by atoms with Crippen molar-refractivity contribution >= 4 is 17.8 Å². The summed E-state index contributed by atoms with van der Waals surface area (Å²) in [5.41, 5.74) is 0.285. The van der Waals surface area contributed by atoms with Crippen LogP contribution < -0.4 is 5.32 Å². The van der Waals surface area contributed by atoms with Crippen LogP contribution in [0.1, 0.15) is 37.0 Å². The molecule has 1 amide bonds. The van der Waals surface area contributed by atoms with Crippen LogP contribution in [0.4, 0.5) is 0 Å². The third-order valence-corrected chi connectivity index (χ3v) is 2.95. The Hall–Kier alpha value is -2.57. The van der Waals surface area contributed by atoms with Gasteiger partial charge in [0.25, 0.3) is 5.91 Å². The molecule has 1 aromatic rings. The molecule has 0 saturated heterocycles. The quantitative estimate of drug-likeness (QED) is 0.701. The highest BCUT2D eigenvalue weighted by molar-refractivity contribution is 5.96. The van der Waals surface area contributed by atoms with E-state index in [4.69, 9.17) is 9.47 Å². The molecule has 0 fully saturated rings. The standard InChI is InChI=1S/C16H21NO6/c1-3-22-14(19)10-9-13(16(21)23-4-2)17-15(20)11-5-7-12(18)8-6-11/h5-8,13,18H,3-4,9-10H2,1-2H3,(H,17,20)/t13-/m0/s1. The first kappa shape index (κ1) is 18.5. The van der Waals surface area contributed by atoms with Crippen molar-refractivity contribution in [1.82, 2.24) is 5.32 Å². The van der Waals surface area contributed by atoms with Gasteiger partial charge >= 0.3 is 11.9 Å². The monoisotopic (exact) mass is 323 g/mol. The highest BCUT2D eigenvalue weighted by Gasteiger charge is 2.23. The SMILES string of the molecule is CCOC(=O)CC[C@H](NC(=O)c1ccc(O)cc1)C(=O)OCC. The van der Waals surface area contributed by atoms with Crippen LogP contribution in [0.2, 0.25) is 0 Å². The Morgan fingerprint density at radius 1 is 1.09 bits per heavy atom. The maximum absolute atomic E-state index is 12.1. The van der Waals surface area contributed by atoms with Gasteiger partial charge in [0.1, 0.15) is 11.8 Å². The van der Waals surface area contributed by atoms with E-state index in [2.05, 4.69) is 5.32 Å². The molecule has 0 aliphatic carbocycles. The topological polar surface area (TPSA) is 102 Å². The van der Waals surface area contributed by atoms with Crippen molar-refractivity contribution in [3.63, 3.8) is 0 Å². The predicted molar refractivity (Wildman–Crippen MR) is 81.9 cm³/mol. The zero-order valence-corrected chi connectivity index (χ0v) is 13.2. The molecule has 2 N–H and O–H groups in total. The second kappa shape index (κ2) is 9.45. The van der Waals surface area contributed by atoms with E-state index < -0.39 is 23.9 Å². The average molecular weight is 323 g/mol. The first-order valence-corrected chi connectivity index (χ1v) is 7.40. The average Bonchev–Trinajstić information content (AvgIpc) is 2.52. The van der Waals surface area contributed by atoms with Crippen LogP contribution >= 0.6 is 0 Å². The Kier molecular flexibility index (Phi) is 7.59. The minimum Gasteiger partial charge on any atom is -0.508 e. The Balaban J connectivity index is 2.71. The number of nitrogens with one attached hydrogen (secondary N) is 1. The number of esters is 2. The number of hydrogen-bond donors (Lipinski definition) is 2. The summed E-state index contributed by atoms with van der Waals surface area (Å²) < 4.78 is 9.71. The van der Waals surface area contributed by atoms with Crippen molar-refractivity contribution < 1.29 is 29.0 Å². The molecule has 0 heterocycles. The van der Waals surface area contributed by atoms with Gasteiger partial charge in [0.15, 0.2) is 0 Å². The number of carbonyl (C=O) groups is 3. The lowest BCUT2D eigenvalue weighted by Crippen LogP contribution is -2.42. The molecule has 23 heavy (non-hydrogen) atoms. The molecule has 0 spiro atoms. The number of carbonyl (C=O) groups excluding carboxylic acids is 3. The molecule has 0 aliphatic heterocycles. The Morgan fingerprint density at radius 3 is 2.26 bits per heavy atom. The number of rotatable bonds is 8. The highest BCUT2D eigenvalue weighted by atomic mass is 16.5. The number of aromatic hydroxyl groups is 1. The van der Waals surface area contributed by atoms with Crippen LogP contribution in [0, 0.1) is 0 Å². The lowest BCUT2D eigenvalue weighted by Gasteiger charge is -2.17. The fraction of sp³-hybridized carbons (Fsp3) is 0.438. The van der Waals surface area contributed by atoms with Gasteiger partial charge in [0.05, 0.1) is 13.2 Å². The molecule has 7 heteroatoms. The lowest BCUT2D eigenvalue weighted by atomic mass is 10.1. The van der Waals surface area contributed by atoms with Crippen LogP contribution in [0.25, 0.3) is 0 Å². The number of benzene rings is 1. The molecule has 1 rings (SSSR count). The van der Waals surface area contributed by atoms with E-state index in [-0.39, 0.29) is 37.4 Å². The van der Waals surface area contributed by atoms with Crippen LogP contribution in [0.3, 0.4) is 0 Å². The molecule has 0 radical (unpaired) electrons. The van der Waals surface area contributed by atoms with Crippen LogP contribution in [0.5, 0.6) is 5.75 Å². The summed E-state index contributed by atoms with van der Waals surface area (Å²) in [6.45, 7) is 3.77. The smallest absolute Gasteiger partial charge is 0.328 e. The summed E-state index contributed by atoms with van der Waals surface area (Å²) in [6.07, 6.45) is 0.0780. The van der Waals surface area contributed by atoms with Crippen molar-refractivity contribution in [3.8, 4) is 5.75 Å². The summed E-state index contributed by atoms with van der Waals surface area (Å²) in [6, 6.07) is 4.65. The summed E-state index contributed by atoms with van der Waals surface area (Å²) in [5.74, 6) is -1.51. The number of hydrogen-bond acceptors (Lipinski definition) is 6. The zero-order valence-electron chi connectivity index (χ0n) is 13.2. The van der Waals surface area contributed by atoms with E-state index in [1.54, 1.807) is 13.8 Å². The van der Waals surface area contributed by atoms with Gasteiger partial charge < -0.3 is 19.9 Å². The van der Waals surface area contributed by atoms with Crippen molar-refractivity contribution in [3.05, 3.63) is 29.8 Å². The zero-order chi connectivity index (χ0) is 17.2. The highest BCUT2D eigenvalue weighted by Crippen LogP contribution is 2.10. The molecule has 7 nitrogen and oxygen atoms in total. The van der Waals surface area contributed by atoms with Crippen LogP contribution in [-0.2, 0) is 19.1 Å². The first-order valence-electron chi connectivity index (χ1n) is 7.40. The fourth-order valence-corrected chi connectivity index (χ4v) is 1.84. The van der Waals surface area contributed by atoms with E-state index in [1.807, 2.05) is 0 Å². The van der Waals surface area contributed by atoms with Gasteiger partial charge in [-0.25, -0.2) is 4.79 Å². The molecule has 0 bridgehead atoms. The molecule has 1 atom stereocenters. The molecule has 0 aromatic heterocycles. The van der Waals surface area contributed by atoms with E-state index in [1.165, 1.54) is 24.3 Å². The summed E-state index contributed by atoms with van der Waals surface area (Å²) >= 11 is 0. The molecular formula is C16H21NO6. The number of phenolic OH excluding ortho intramolecular Hbond substituents is 1. The van der Waals surface area contributed by atoms with Gasteiger partial charge in [-0.15, -0.1) is 0 Å². The fourth-order valence-electron chi connectivity index (χ4n) is 1.84. The lowest BCUT2D eigenvalue weighted by molar-refractivity contribution is -0.146. The number of ether oxygens (including phenoxy) is 2. The van der Waals surface area contributed by atoms with Crippen molar-refractivity contribution in [2.24, 2.45) is 0 Å². The minimum atomic E-state index is -0.944. The molecule has 0 aliphatic rings. The van der Waals surface area contributed by atoms with Gasteiger partial charge in [0, 0.05) is 12.0 Å². The van der Waals surface area contributed by atoms with Gasteiger partial charge in [-0.2, -0.15) is 0 Å². The predicted octanol–water partition coefficient (Wildman–Crippen LogP) is 1.40. The molecule has 126 valence electrons. The van der Waals surface area contributed by atoms with Crippen molar-refractivity contribution in [2.45, 2.75) is 32.7 Å². The normalized spacial score (nSPS) is 11.4. The maximum atomic E-state index is 12.1. The summed E-state index contributed by atoms with van der Waals surface area (Å²) in [7, 11) is 0. The number of phenols is 1. The third kappa shape index (κ3) is 6.37. The van der Waals surface area contributed by atoms with Crippen LogP contribution in [-0.4, -0.2) is 42.2 Å². The van der Waals surface area contributed by atoms with Gasteiger partial charge in [-0.3, -0.25) is 9.59 Å². The van der Waals surface area contributed by atoms with Gasteiger partial charge in [-0.05, 0) is 44.5 Å². The molecule has 0 unspecified atom stereocenters.